The number of benzene rings is 1. The molecule has 1 aromatic carbocycles. The van der Waals surface area contributed by atoms with Gasteiger partial charge in [-0.15, -0.1) is 0 Å². The average molecular weight is 279 g/mol. The van der Waals surface area contributed by atoms with Gasteiger partial charge in [0.2, 0.25) is 0 Å². The zero-order valence-electron chi connectivity index (χ0n) is 12.0. The lowest BCUT2D eigenvalue weighted by Crippen LogP contribution is -2.40. The van der Waals surface area contributed by atoms with E-state index in [0.717, 1.165) is 31.5 Å². The van der Waals surface area contributed by atoms with E-state index >= 15 is 0 Å². The molecule has 0 saturated carbocycles. The fourth-order valence-electron chi connectivity index (χ4n) is 2.68. The van der Waals surface area contributed by atoms with E-state index in [2.05, 4.69) is 0 Å². The number of carbonyl (C=O) groups is 1. The van der Waals surface area contributed by atoms with E-state index in [9.17, 15) is 9.90 Å². The van der Waals surface area contributed by atoms with Gasteiger partial charge in [-0.2, -0.15) is 0 Å². The van der Waals surface area contributed by atoms with E-state index in [1.807, 2.05) is 23.1 Å². The summed E-state index contributed by atoms with van der Waals surface area (Å²) in [5.41, 5.74) is 0.867. The van der Waals surface area contributed by atoms with Crippen molar-refractivity contribution >= 4 is 5.97 Å². The topological polar surface area (TPSA) is 59.0 Å². The number of carboxylic acids is 1. The van der Waals surface area contributed by atoms with E-state index in [0.29, 0.717) is 17.9 Å². The van der Waals surface area contributed by atoms with E-state index in [4.69, 9.17) is 9.47 Å². The van der Waals surface area contributed by atoms with Gasteiger partial charge in [0, 0.05) is 6.42 Å². The second-order valence-corrected chi connectivity index (χ2v) is 4.98. The lowest BCUT2D eigenvalue weighted by atomic mass is 10.0. The van der Waals surface area contributed by atoms with E-state index in [1.54, 1.807) is 14.2 Å². The lowest BCUT2D eigenvalue weighted by molar-refractivity contribution is -0.142. The summed E-state index contributed by atoms with van der Waals surface area (Å²) in [7, 11) is 3.19. The zero-order chi connectivity index (χ0) is 14.5. The van der Waals surface area contributed by atoms with Crippen molar-refractivity contribution in [3.05, 3.63) is 23.8 Å². The molecule has 1 saturated heterocycles. The van der Waals surface area contributed by atoms with Crippen LogP contribution in [0, 0.1) is 0 Å². The first-order chi connectivity index (χ1) is 9.65. The van der Waals surface area contributed by atoms with Gasteiger partial charge >= 0.3 is 5.97 Å². The fourth-order valence-corrected chi connectivity index (χ4v) is 2.68. The Morgan fingerprint density at radius 3 is 2.55 bits per heavy atom. The lowest BCUT2D eigenvalue weighted by Gasteiger charge is -2.24. The maximum absolute atomic E-state index is 11.5. The molecule has 1 N–H and O–H groups in total. The van der Waals surface area contributed by atoms with E-state index in [-0.39, 0.29) is 0 Å². The van der Waals surface area contributed by atoms with Gasteiger partial charge in [-0.25, -0.2) is 0 Å². The molecule has 1 aliphatic rings. The highest BCUT2D eigenvalue weighted by Crippen LogP contribution is 2.27. The van der Waals surface area contributed by atoms with Crippen molar-refractivity contribution in [2.75, 3.05) is 27.3 Å². The average Bonchev–Trinajstić information content (AvgIpc) is 2.97. The van der Waals surface area contributed by atoms with Crippen molar-refractivity contribution in [3.8, 4) is 11.5 Å². The number of rotatable bonds is 6. The Bertz CT molecular complexity index is 469. The van der Waals surface area contributed by atoms with Gasteiger partial charge in [0.15, 0.2) is 0 Å². The van der Waals surface area contributed by atoms with Gasteiger partial charge in [-0.1, -0.05) is 0 Å². The Morgan fingerprint density at radius 2 is 2.00 bits per heavy atom. The van der Waals surface area contributed by atoms with Gasteiger partial charge in [-0.3, -0.25) is 9.69 Å². The molecule has 1 aliphatic heterocycles. The van der Waals surface area contributed by atoms with Crippen LogP contribution in [-0.2, 0) is 11.2 Å². The van der Waals surface area contributed by atoms with Gasteiger partial charge in [0.05, 0.1) is 14.2 Å². The maximum atomic E-state index is 11.5. The van der Waals surface area contributed by atoms with Crippen LogP contribution in [0.15, 0.2) is 18.2 Å². The monoisotopic (exact) mass is 279 g/mol. The minimum atomic E-state index is -0.781. The van der Waals surface area contributed by atoms with Crippen molar-refractivity contribution in [2.45, 2.75) is 25.3 Å². The minimum absolute atomic E-state index is 0.426. The summed E-state index contributed by atoms with van der Waals surface area (Å²) in [4.78, 5) is 13.6. The molecule has 1 aromatic rings. The number of hydrogen-bond donors (Lipinski definition) is 1. The number of aliphatic carboxylic acids is 1. The van der Waals surface area contributed by atoms with Crippen LogP contribution < -0.4 is 9.47 Å². The van der Waals surface area contributed by atoms with Crippen molar-refractivity contribution < 1.29 is 19.4 Å². The SMILES string of the molecule is COc1ccc(OC)c(C[C@@H](C(=O)O)N2CCCC2)c1. The number of nitrogens with zero attached hydrogens (tertiary/aromatic N) is 1. The van der Waals surface area contributed by atoms with Crippen LogP contribution in [0.5, 0.6) is 11.5 Å². The molecule has 20 heavy (non-hydrogen) atoms. The first kappa shape index (κ1) is 14.7. The number of ether oxygens (including phenoxy) is 2. The highest BCUT2D eigenvalue weighted by Gasteiger charge is 2.29. The summed E-state index contributed by atoms with van der Waals surface area (Å²) < 4.78 is 10.5. The third-order valence-electron chi connectivity index (χ3n) is 3.77. The van der Waals surface area contributed by atoms with Crippen LogP contribution >= 0.6 is 0 Å². The van der Waals surface area contributed by atoms with Crippen molar-refractivity contribution in [1.82, 2.24) is 4.90 Å². The smallest absolute Gasteiger partial charge is 0.321 e. The molecule has 110 valence electrons. The Labute approximate surface area is 119 Å². The normalized spacial score (nSPS) is 16.9. The van der Waals surface area contributed by atoms with E-state index in [1.165, 1.54) is 0 Å². The first-order valence-corrected chi connectivity index (χ1v) is 6.83. The third-order valence-corrected chi connectivity index (χ3v) is 3.77. The predicted molar refractivity (Wildman–Crippen MR) is 75.5 cm³/mol. The minimum Gasteiger partial charge on any atom is -0.497 e. The van der Waals surface area contributed by atoms with Gasteiger partial charge in [0.25, 0.3) is 0 Å². The highest BCUT2D eigenvalue weighted by molar-refractivity contribution is 5.74. The number of likely N-dealkylation sites (tertiary alicyclic amines) is 1. The van der Waals surface area contributed by atoms with Crippen LogP contribution in [0.4, 0.5) is 0 Å². The van der Waals surface area contributed by atoms with Crippen LogP contribution in [0.2, 0.25) is 0 Å². The van der Waals surface area contributed by atoms with Crippen LogP contribution in [0.3, 0.4) is 0 Å². The van der Waals surface area contributed by atoms with Gasteiger partial charge in [0.1, 0.15) is 17.5 Å². The molecule has 0 bridgehead atoms. The fraction of sp³-hybridized carbons (Fsp3) is 0.533. The molecular formula is C15H21NO4. The molecule has 0 radical (unpaired) electrons. The Kier molecular flexibility index (Phi) is 4.84. The Balaban J connectivity index is 2.22. The largest absolute Gasteiger partial charge is 0.497 e. The van der Waals surface area contributed by atoms with Gasteiger partial charge in [-0.05, 0) is 49.7 Å². The molecular weight excluding hydrogens is 258 g/mol. The second kappa shape index (κ2) is 6.61. The van der Waals surface area contributed by atoms with Gasteiger partial charge < -0.3 is 14.6 Å². The van der Waals surface area contributed by atoms with Crippen LogP contribution in [0.1, 0.15) is 18.4 Å². The quantitative estimate of drug-likeness (QED) is 0.860. The highest BCUT2D eigenvalue weighted by atomic mass is 16.5. The summed E-state index contributed by atoms with van der Waals surface area (Å²) in [6.07, 6.45) is 2.56. The molecule has 5 heteroatoms. The van der Waals surface area contributed by atoms with Crippen LogP contribution in [-0.4, -0.2) is 49.3 Å². The molecule has 1 fully saturated rings. The van der Waals surface area contributed by atoms with E-state index < -0.39 is 12.0 Å². The summed E-state index contributed by atoms with van der Waals surface area (Å²) in [6, 6.07) is 4.98. The summed E-state index contributed by atoms with van der Waals surface area (Å²) in [5.74, 6) is 0.638. The van der Waals surface area contributed by atoms with Crippen LogP contribution in [0.25, 0.3) is 0 Å². The molecule has 0 aromatic heterocycles. The number of hydrogen-bond acceptors (Lipinski definition) is 4. The summed E-state index contributed by atoms with van der Waals surface area (Å²) >= 11 is 0. The van der Waals surface area contributed by atoms with Crippen molar-refractivity contribution in [2.24, 2.45) is 0 Å². The van der Waals surface area contributed by atoms with Crippen molar-refractivity contribution in [3.63, 3.8) is 0 Å². The molecule has 5 nitrogen and oxygen atoms in total. The number of methoxy groups -OCH3 is 2. The molecule has 2 rings (SSSR count). The first-order valence-electron chi connectivity index (χ1n) is 6.83. The predicted octanol–water partition coefficient (Wildman–Crippen LogP) is 1.80. The standard InChI is InChI=1S/C15H21NO4/c1-19-12-5-6-14(20-2)11(9-12)10-13(15(17)18)16-7-3-4-8-16/h5-6,9,13H,3-4,7-8,10H2,1-2H3,(H,17,18)/t13-/m0/s1. The molecule has 0 spiro atoms. The summed E-state index contributed by atoms with van der Waals surface area (Å²) in [6.45, 7) is 1.70. The molecule has 0 unspecified atom stereocenters. The maximum Gasteiger partial charge on any atom is 0.321 e. The molecule has 1 atom stereocenters. The zero-order valence-corrected chi connectivity index (χ0v) is 12.0. The Morgan fingerprint density at radius 1 is 1.30 bits per heavy atom. The van der Waals surface area contributed by atoms with Crippen molar-refractivity contribution in [1.29, 1.82) is 0 Å². The third kappa shape index (κ3) is 3.22. The number of carboxylic acid groups (broad SMARTS) is 1. The molecule has 1 heterocycles. The second-order valence-electron chi connectivity index (χ2n) is 4.98. The molecule has 0 amide bonds. The Hall–Kier alpha value is -1.75. The summed E-state index contributed by atoms with van der Waals surface area (Å²) in [5, 5.41) is 9.47. The molecule has 0 aliphatic carbocycles.